The first-order valence-corrected chi connectivity index (χ1v) is 8.20. The van der Waals surface area contributed by atoms with Crippen LogP contribution in [0.4, 0.5) is 0 Å². The number of benzene rings is 1. The second-order valence-corrected chi connectivity index (χ2v) is 6.29. The molecule has 2 aromatic rings. The summed E-state index contributed by atoms with van der Waals surface area (Å²) in [7, 11) is 0. The third-order valence-corrected chi connectivity index (χ3v) is 4.45. The number of carbonyl (C=O) groups is 2. The van der Waals surface area contributed by atoms with E-state index in [-0.39, 0.29) is 11.7 Å². The smallest absolute Gasteiger partial charge is 0.289 e. The molecule has 0 N–H and O–H groups in total. The lowest BCUT2D eigenvalue weighted by atomic mass is 10.0. The lowest BCUT2D eigenvalue weighted by molar-refractivity contribution is 0.0596. The van der Waals surface area contributed by atoms with Gasteiger partial charge in [0.1, 0.15) is 0 Å². The number of Topliss-reactive ketones (excluding diaryl/α,β-unsaturated/α-hetero) is 1. The van der Waals surface area contributed by atoms with Crippen LogP contribution < -0.4 is 0 Å². The van der Waals surface area contributed by atoms with Crippen LogP contribution in [-0.2, 0) is 0 Å². The molecular weight excluding hydrogens is 304 g/mol. The molecule has 3 rings (SSSR count). The van der Waals surface area contributed by atoms with Gasteiger partial charge in [-0.25, -0.2) is 0 Å². The van der Waals surface area contributed by atoms with E-state index >= 15 is 0 Å². The topological polar surface area (TPSA) is 53.8 Å². The molecule has 0 bridgehead atoms. The molecule has 1 aliphatic heterocycles. The Labute approximate surface area is 141 Å². The van der Waals surface area contributed by atoms with E-state index < -0.39 is 0 Å². The summed E-state index contributed by atoms with van der Waals surface area (Å²) in [5.41, 5.74) is 2.90. The van der Waals surface area contributed by atoms with E-state index in [2.05, 4.69) is 4.90 Å². The number of rotatable bonds is 4. The normalized spacial score (nSPS) is 15.5. The second kappa shape index (κ2) is 7.01. The van der Waals surface area contributed by atoms with Gasteiger partial charge >= 0.3 is 0 Å². The zero-order valence-electron chi connectivity index (χ0n) is 14.1. The van der Waals surface area contributed by atoms with Gasteiger partial charge in [0.25, 0.3) is 5.91 Å². The lowest BCUT2D eigenvalue weighted by Crippen LogP contribution is -2.49. The summed E-state index contributed by atoms with van der Waals surface area (Å²) in [6.07, 6.45) is 1.51. The predicted octanol–water partition coefficient (Wildman–Crippen LogP) is 2.54. The number of hydrogen-bond donors (Lipinski definition) is 0. The predicted molar refractivity (Wildman–Crippen MR) is 91.3 cm³/mol. The van der Waals surface area contributed by atoms with E-state index in [1.165, 1.54) is 6.26 Å². The van der Waals surface area contributed by atoms with Gasteiger partial charge in [-0.15, -0.1) is 0 Å². The zero-order chi connectivity index (χ0) is 17.1. The first-order valence-electron chi connectivity index (χ1n) is 8.20. The van der Waals surface area contributed by atoms with Crippen molar-refractivity contribution in [3.05, 3.63) is 59.0 Å². The van der Waals surface area contributed by atoms with Crippen LogP contribution in [0.15, 0.2) is 41.0 Å². The van der Waals surface area contributed by atoms with Crippen LogP contribution in [0.25, 0.3) is 0 Å². The van der Waals surface area contributed by atoms with Gasteiger partial charge in [-0.2, -0.15) is 0 Å². The summed E-state index contributed by atoms with van der Waals surface area (Å²) in [6, 6.07) is 9.35. The van der Waals surface area contributed by atoms with Crippen LogP contribution in [0.2, 0.25) is 0 Å². The molecule has 1 aliphatic rings. The van der Waals surface area contributed by atoms with Gasteiger partial charge in [0.05, 0.1) is 12.8 Å². The molecule has 0 saturated carbocycles. The zero-order valence-corrected chi connectivity index (χ0v) is 14.1. The highest BCUT2D eigenvalue weighted by atomic mass is 16.3. The van der Waals surface area contributed by atoms with Gasteiger partial charge < -0.3 is 9.32 Å². The highest BCUT2D eigenvalue weighted by Crippen LogP contribution is 2.14. The van der Waals surface area contributed by atoms with Crippen molar-refractivity contribution in [2.45, 2.75) is 13.8 Å². The molecule has 5 heteroatoms. The molecule has 126 valence electrons. The van der Waals surface area contributed by atoms with Crippen molar-refractivity contribution in [1.82, 2.24) is 9.80 Å². The minimum Gasteiger partial charge on any atom is -0.459 e. The lowest BCUT2D eigenvalue weighted by Gasteiger charge is -2.33. The Morgan fingerprint density at radius 3 is 2.50 bits per heavy atom. The van der Waals surface area contributed by atoms with Crippen LogP contribution in [0.3, 0.4) is 0 Å². The molecule has 0 spiro atoms. The van der Waals surface area contributed by atoms with Crippen LogP contribution in [0.1, 0.15) is 32.0 Å². The second-order valence-electron chi connectivity index (χ2n) is 6.29. The fraction of sp³-hybridized carbons (Fsp3) is 0.368. The molecule has 1 saturated heterocycles. The summed E-state index contributed by atoms with van der Waals surface area (Å²) < 4.78 is 5.16. The molecule has 0 aliphatic carbocycles. The maximum atomic E-state index is 12.6. The van der Waals surface area contributed by atoms with E-state index in [1.807, 2.05) is 32.0 Å². The summed E-state index contributed by atoms with van der Waals surface area (Å²) in [5, 5.41) is 0. The number of ketones is 1. The number of nitrogens with zero attached hydrogens (tertiary/aromatic N) is 2. The van der Waals surface area contributed by atoms with Gasteiger partial charge in [-0.3, -0.25) is 14.5 Å². The Bertz CT molecular complexity index is 729. The molecule has 1 amide bonds. The van der Waals surface area contributed by atoms with Gasteiger partial charge in [0.15, 0.2) is 11.5 Å². The molecule has 0 radical (unpaired) electrons. The number of carbonyl (C=O) groups excluding carboxylic acids is 2. The Morgan fingerprint density at radius 1 is 1.08 bits per heavy atom. The molecule has 5 nitrogen and oxygen atoms in total. The average Bonchev–Trinajstić information content (AvgIpc) is 3.11. The summed E-state index contributed by atoms with van der Waals surface area (Å²) in [4.78, 5) is 28.7. The quantitative estimate of drug-likeness (QED) is 0.810. The van der Waals surface area contributed by atoms with Crippen molar-refractivity contribution in [1.29, 1.82) is 0 Å². The molecule has 2 heterocycles. The standard InChI is InChI=1S/C19H22N2O3/c1-14-5-6-15(2)16(12-14)17(22)13-20-7-9-21(10-8-20)19(23)18-4-3-11-24-18/h3-6,11-12H,7-10,13H2,1-2H3. The fourth-order valence-corrected chi connectivity index (χ4v) is 2.99. The Hall–Kier alpha value is -2.40. The molecule has 1 fully saturated rings. The van der Waals surface area contributed by atoms with Gasteiger partial charge in [0, 0.05) is 31.7 Å². The van der Waals surface area contributed by atoms with Crippen LogP contribution in [0, 0.1) is 13.8 Å². The molecular formula is C19H22N2O3. The summed E-state index contributed by atoms with van der Waals surface area (Å²) in [5.74, 6) is 0.428. The van der Waals surface area contributed by atoms with Crippen molar-refractivity contribution in [2.24, 2.45) is 0 Å². The van der Waals surface area contributed by atoms with E-state index in [9.17, 15) is 9.59 Å². The van der Waals surface area contributed by atoms with Crippen molar-refractivity contribution in [2.75, 3.05) is 32.7 Å². The number of furan rings is 1. The van der Waals surface area contributed by atoms with E-state index in [0.29, 0.717) is 38.5 Å². The van der Waals surface area contributed by atoms with Crippen LogP contribution in [0.5, 0.6) is 0 Å². The molecule has 1 aromatic heterocycles. The van der Waals surface area contributed by atoms with Crippen LogP contribution in [-0.4, -0.2) is 54.2 Å². The molecule has 24 heavy (non-hydrogen) atoms. The first-order chi connectivity index (χ1) is 11.5. The van der Waals surface area contributed by atoms with Gasteiger partial charge in [-0.1, -0.05) is 17.7 Å². The maximum absolute atomic E-state index is 12.6. The van der Waals surface area contributed by atoms with E-state index in [0.717, 1.165) is 16.7 Å². The average molecular weight is 326 g/mol. The minimum absolute atomic E-state index is 0.0829. The number of amides is 1. The molecule has 1 aromatic carbocycles. The minimum atomic E-state index is -0.0829. The Kier molecular flexibility index (Phi) is 4.81. The van der Waals surface area contributed by atoms with Crippen molar-refractivity contribution in [3.63, 3.8) is 0 Å². The summed E-state index contributed by atoms with van der Waals surface area (Å²) >= 11 is 0. The van der Waals surface area contributed by atoms with Crippen molar-refractivity contribution < 1.29 is 14.0 Å². The van der Waals surface area contributed by atoms with E-state index in [4.69, 9.17) is 4.42 Å². The third-order valence-electron chi connectivity index (χ3n) is 4.45. The van der Waals surface area contributed by atoms with Crippen LogP contribution >= 0.6 is 0 Å². The van der Waals surface area contributed by atoms with E-state index in [1.54, 1.807) is 17.0 Å². The van der Waals surface area contributed by atoms with Gasteiger partial charge in [-0.05, 0) is 37.6 Å². The van der Waals surface area contributed by atoms with Gasteiger partial charge in [0.2, 0.25) is 0 Å². The van der Waals surface area contributed by atoms with Crippen molar-refractivity contribution >= 4 is 11.7 Å². The molecule has 0 atom stereocenters. The highest BCUT2D eigenvalue weighted by molar-refractivity contribution is 5.99. The summed E-state index contributed by atoms with van der Waals surface area (Å²) in [6.45, 7) is 6.97. The Balaban J connectivity index is 1.56. The largest absolute Gasteiger partial charge is 0.459 e. The number of piperazine rings is 1. The van der Waals surface area contributed by atoms with Crippen molar-refractivity contribution in [3.8, 4) is 0 Å². The third kappa shape index (κ3) is 3.57. The SMILES string of the molecule is Cc1ccc(C)c(C(=O)CN2CCN(C(=O)c3ccco3)CC2)c1. The first kappa shape index (κ1) is 16.5. The maximum Gasteiger partial charge on any atom is 0.289 e. The number of hydrogen-bond acceptors (Lipinski definition) is 4. The highest BCUT2D eigenvalue weighted by Gasteiger charge is 2.25. The Morgan fingerprint density at radius 2 is 1.83 bits per heavy atom. The molecule has 0 unspecified atom stereocenters. The monoisotopic (exact) mass is 326 g/mol. The fourth-order valence-electron chi connectivity index (χ4n) is 2.99. The number of aryl methyl sites for hydroxylation is 2.